The first kappa shape index (κ1) is 20.8. The van der Waals surface area contributed by atoms with Crippen LogP contribution in [0.4, 0.5) is 4.39 Å². The number of rotatable bonds is 6. The number of morpholine rings is 1. The van der Waals surface area contributed by atoms with Crippen LogP contribution in [-0.4, -0.2) is 58.8 Å². The summed E-state index contributed by atoms with van der Waals surface area (Å²) in [6, 6.07) is 6.83. The standard InChI is InChI=1S/C27H30FN3O5/c1-16-11-30(12-17(2)36-16)13-18-6-7-22(28)19(10-18)15-35-24-5-3-4-20-21(24)14-31(27(20)34)23-8-9-25(32)29-26(23)33/h3-7,10,16-17,23H,8-9,11-15H2,1-2H3,(H,29,32,33)/i14D2,23D. The van der Waals surface area contributed by atoms with Crippen LogP contribution >= 0.6 is 0 Å². The van der Waals surface area contributed by atoms with Gasteiger partial charge in [-0.2, -0.15) is 0 Å². The van der Waals surface area contributed by atoms with Gasteiger partial charge in [-0.25, -0.2) is 4.39 Å². The van der Waals surface area contributed by atoms with E-state index in [0.717, 1.165) is 18.7 Å². The lowest BCUT2D eigenvalue weighted by atomic mass is 10.0. The van der Waals surface area contributed by atoms with Gasteiger partial charge in [0.15, 0.2) is 0 Å². The second kappa shape index (κ2) is 9.99. The minimum Gasteiger partial charge on any atom is -0.488 e. The van der Waals surface area contributed by atoms with E-state index in [1.165, 1.54) is 24.3 Å². The Morgan fingerprint density at radius 2 is 1.97 bits per heavy atom. The average molecular weight is 499 g/mol. The van der Waals surface area contributed by atoms with Crippen LogP contribution < -0.4 is 10.1 Å². The number of carbonyl (C=O) groups is 3. The third-order valence-corrected chi connectivity index (χ3v) is 6.45. The Kier molecular flexibility index (Phi) is 5.78. The van der Waals surface area contributed by atoms with Crippen molar-refractivity contribution in [1.82, 2.24) is 15.1 Å². The quantitative estimate of drug-likeness (QED) is 0.617. The largest absolute Gasteiger partial charge is 0.488 e. The lowest BCUT2D eigenvalue weighted by Crippen LogP contribution is -2.52. The SMILES string of the molecule is [2H]C1(N2C(=O)c3cccc(OCc4cc(CN5CC(C)OC(C)C5)ccc4F)c3C2([2H])[2H])CCC(=O)NC1=O. The maximum absolute atomic E-state index is 14.7. The highest BCUT2D eigenvalue weighted by Gasteiger charge is 2.40. The van der Waals surface area contributed by atoms with Crippen LogP contribution in [0.2, 0.25) is 0 Å². The van der Waals surface area contributed by atoms with Crippen molar-refractivity contribution >= 4 is 17.7 Å². The van der Waals surface area contributed by atoms with E-state index in [0.29, 0.717) is 11.4 Å². The van der Waals surface area contributed by atoms with Crippen molar-refractivity contribution in [2.24, 2.45) is 0 Å². The van der Waals surface area contributed by atoms with Gasteiger partial charge >= 0.3 is 0 Å². The first-order valence-corrected chi connectivity index (χ1v) is 12.0. The number of piperidine rings is 1. The summed E-state index contributed by atoms with van der Waals surface area (Å²) in [5.74, 6) is -2.98. The number of amides is 3. The van der Waals surface area contributed by atoms with E-state index in [-0.39, 0.29) is 54.1 Å². The van der Waals surface area contributed by atoms with Gasteiger partial charge in [-0.05, 0) is 50.1 Å². The molecule has 1 N–H and O–H groups in total. The van der Waals surface area contributed by atoms with Gasteiger partial charge in [0.25, 0.3) is 5.91 Å². The highest BCUT2D eigenvalue weighted by molar-refractivity contribution is 6.05. The molecule has 3 amide bonds. The lowest BCUT2D eigenvalue weighted by molar-refractivity contribution is -0.136. The molecule has 8 nitrogen and oxygen atoms in total. The molecule has 3 unspecified atom stereocenters. The van der Waals surface area contributed by atoms with Crippen LogP contribution in [0.3, 0.4) is 0 Å². The highest BCUT2D eigenvalue weighted by atomic mass is 19.1. The maximum Gasteiger partial charge on any atom is 0.255 e. The Morgan fingerprint density at radius 3 is 2.72 bits per heavy atom. The number of hydrogen-bond acceptors (Lipinski definition) is 6. The molecular weight excluding hydrogens is 465 g/mol. The number of benzene rings is 2. The number of imide groups is 1. The minimum absolute atomic E-state index is 0.00451. The molecule has 0 bridgehead atoms. The van der Waals surface area contributed by atoms with Crippen molar-refractivity contribution in [1.29, 1.82) is 0 Å². The molecule has 3 aliphatic rings. The van der Waals surface area contributed by atoms with Gasteiger partial charge in [0, 0.05) is 42.7 Å². The Bertz CT molecular complexity index is 1330. The number of nitrogens with one attached hydrogen (secondary N) is 1. The Hall–Kier alpha value is -3.30. The number of fused-ring (bicyclic) bond motifs is 1. The third kappa shape index (κ3) is 4.99. The minimum atomic E-state index is -2.59. The van der Waals surface area contributed by atoms with E-state index in [4.69, 9.17) is 13.6 Å². The Morgan fingerprint density at radius 1 is 1.19 bits per heavy atom. The zero-order valence-corrected chi connectivity index (χ0v) is 20.2. The van der Waals surface area contributed by atoms with Crippen LogP contribution in [0.1, 0.15) is 57.8 Å². The lowest BCUT2D eigenvalue weighted by Gasteiger charge is -2.35. The predicted octanol–water partition coefficient (Wildman–Crippen LogP) is 2.77. The Labute approximate surface area is 213 Å². The van der Waals surface area contributed by atoms with Crippen molar-refractivity contribution < 1.29 is 32.4 Å². The number of halogens is 1. The van der Waals surface area contributed by atoms with Crippen LogP contribution in [-0.2, 0) is 34.0 Å². The summed E-state index contributed by atoms with van der Waals surface area (Å²) in [4.78, 5) is 40.3. The average Bonchev–Trinajstić information content (AvgIpc) is 3.07. The van der Waals surface area contributed by atoms with E-state index in [1.54, 1.807) is 12.1 Å². The molecule has 2 aromatic rings. The summed E-state index contributed by atoms with van der Waals surface area (Å²) in [5, 5.41) is 2.03. The molecule has 0 spiro atoms. The molecule has 5 rings (SSSR count). The molecule has 9 heteroatoms. The first-order chi connectivity index (χ1) is 18.4. The van der Waals surface area contributed by atoms with Gasteiger partial charge in [0.1, 0.15) is 24.2 Å². The molecular formula is C27H30FN3O5. The molecule has 3 aliphatic heterocycles. The molecule has 2 aromatic carbocycles. The zero-order valence-electron chi connectivity index (χ0n) is 23.2. The van der Waals surface area contributed by atoms with Crippen molar-refractivity contribution in [3.63, 3.8) is 0 Å². The summed E-state index contributed by atoms with van der Waals surface area (Å²) in [7, 11) is 0. The molecule has 0 aromatic heterocycles. The van der Waals surface area contributed by atoms with Gasteiger partial charge < -0.3 is 14.4 Å². The second-order valence-electron chi connectivity index (χ2n) is 9.42. The summed E-state index contributed by atoms with van der Waals surface area (Å²) in [5.41, 5.74) is 0.960. The fraction of sp³-hybridized carbons (Fsp3) is 0.444. The van der Waals surface area contributed by atoms with E-state index < -0.39 is 36.1 Å². The van der Waals surface area contributed by atoms with Crippen LogP contribution in [0, 0.1) is 5.82 Å². The molecule has 0 radical (unpaired) electrons. The van der Waals surface area contributed by atoms with Gasteiger partial charge in [-0.1, -0.05) is 12.1 Å². The topological polar surface area (TPSA) is 88.2 Å². The van der Waals surface area contributed by atoms with Crippen LogP contribution in [0.5, 0.6) is 5.75 Å². The molecule has 3 heterocycles. The van der Waals surface area contributed by atoms with Crippen LogP contribution in [0.25, 0.3) is 0 Å². The van der Waals surface area contributed by atoms with E-state index >= 15 is 0 Å². The van der Waals surface area contributed by atoms with E-state index in [1.807, 2.05) is 19.2 Å². The van der Waals surface area contributed by atoms with Crippen LogP contribution in [0.15, 0.2) is 36.4 Å². The van der Waals surface area contributed by atoms with Crippen molar-refractivity contribution in [2.45, 2.75) is 64.6 Å². The number of ether oxygens (including phenoxy) is 2. The predicted molar refractivity (Wildman–Crippen MR) is 129 cm³/mol. The fourth-order valence-corrected chi connectivity index (χ4v) is 4.90. The first-order valence-electron chi connectivity index (χ1n) is 13.5. The summed E-state index contributed by atoms with van der Waals surface area (Å²) >= 11 is 0. The summed E-state index contributed by atoms with van der Waals surface area (Å²) < 4.78 is 52.6. The van der Waals surface area contributed by atoms with Gasteiger partial charge in [-0.3, -0.25) is 24.6 Å². The molecule has 2 fully saturated rings. The Balaban J connectivity index is 1.38. The van der Waals surface area contributed by atoms with Crippen molar-refractivity contribution in [2.75, 3.05) is 13.1 Å². The third-order valence-electron chi connectivity index (χ3n) is 6.45. The monoisotopic (exact) mass is 498 g/mol. The fourth-order valence-electron chi connectivity index (χ4n) is 4.90. The second-order valence-corrected chi connectivity index (χ2v) is 9.42. The highest BCUT2D eigenvalue weighted by Crippen LogP contribution is 2.34. The molecule has 0 saturated carbocycles. The smallest absolute Gasteiger partial charge is 0.255 e. The van der Waals surface area contributed by atoms with Crippen molar-refractivity contribution in [3.8, 4) is 5.75 Å². The normalized spacial score (nSPS) is 29.2. The maximum atomic E-state index is 14.7. The van der Waals surface area contributed by atoms with E-state index in [2.05, 4.69) is 4.90 Å². The number of carbonyl (C=O) groups excluding carboxylic acids is 3. The number of hydrogen-bond donors (Lipinski definition) is 1. The van der Waals surface area contributed by atoms with Gasteiger partial charge in [-0.15, -0.1) is 0 Å². The summed E-state index contributed by atoms with van der Waals surface area (Å²) in [6.07, 6.45) is -0.353. The molecule has 190 valence electrons. The summed E-state index contributed by atoms with van der Waals surface area (Å²) in [6.45, 7) is 3.33. The van der Waals surface area contributed by atoms with E-state index in [9.17, 15) is 18.8 Å². The zero-order chi connectivity index (χ0) is 28.1. The molecule has 2 saturated heterocycles. The molecule has 3 atom stereocenters. The van der Waals surface area contributed by atoms with Crippen molar-refractivity contribution in [3.05, 3.63) is 64.5 Å². The van der Waals surface area contributed by atoms with Gasteiger partial charge in [0.05, 0.1) is 22.8 Å². The van der Waals surface area contributed by atoms with Gasteiger partial charge in [0.2, 0.25) is 11.8 Å². The number of nitrogens with zero attached hydrogens (tertiary/aromatic N) is 2. The molecule has 36 heavy (non-hydrogen) atoms. The molecule has 0 aliphatic carbocycles.